The maximum Gasteiger partial charge on any atom is 0.293 e. The molecule has 4 heterocycles. The molecule has 0 saturated carbocycles. The normalized spacial score (nSPS) is 14.1. The quantitative estimate of drug-likeness (QED) is 0.710. The lowest BCUT2D eigenvalue weighted by Crippen LogP contribution is -2.49. The first-order chi connectivity index (χ1) is 13.7. The Bertz CT molecular complexity index is 934. The third-order valence-electron chi connectivity index (χ3n) is 4.46. The van der Waals surface area contributed by atoms with E-state index in [9.17, 15) is 9.59 Å². The van der Waals surface area contributed by atoms with Crippen molar-refractivity contribution in [1.29, 1.82) is 0 Å². The summed E-state index contributed by atoms with van der Waals surface area (Å²) in [6, 6.07) is 9.06. The Morgan fingerprint density at radius 2 is 2.00 bits per heavy atom. The van der Waals surface area contributed by atoms with Gasteiger partial charge in [0.05, 0.1) is 18.4 Å². The van der Waals surface area contributed by atoms with E-state index in [2.05, 4.69) is 20.2 Å². The number of pyridine rings is 1. The Morgan fingerprint density at radius 1 is 1.14 bits per heavy atom. The SMILES string of the molecule is O=C(Nc1nc(CC(=O)N2CCN(c3ccccn3)CC2)cs1)c1ccco1. The average Bonchev–Trinajstić information content (AvgIpc) is 3.41. The number of hydrogen-bond acceptors (Lipinski definition) is 7. The van der Waals surface area contributed by atoms with E-state index in [0.717, 1.165) is 18.9 Å². The van der Waals surface area contributed by atoms with Crippen LogP contribution in [0.15, 0.2) is 52.6 Å². The van der Waals surface area contributed by atoms with E-state index < -0.39 is 0 Å². The topological polar surface area (TPSA) is 91.6 Å². The number of carbonyl (C=O) groups excluding carboxylic acids is 2. The number of rotatable bonds is 5. The lowest BCUT2D eigenvalue weighted by molar-refractivity contribution is -0.130. The number of thiazole rings is 1. The minimum absolute atomic E-state index is 0.0369. The molecule has 1 N–H and O–H groups in total. The molecule has 0 aromatic carbocycles. The highest BCUT2D eigenvalue weighted by molar-refractivity contribution is 7.14. The maximum absolute atomic E-state index is 12.6. The minimum Gasteiger partial charge on any atom is -0.459 e. The van der Waals surface area contributed by atoms with Gasteiger partial charge in [-0.3, -0.25) is 14.9 Å². The van der Waals surface area contributed by atoms with Gasteiger partial charge >= 0.3 is 0 Å². The molecule has 1 aliphatic heterocycles. The van der Waals surface area contributed by atoms with Crippen LogP contribution in [-0.4, -0.2) is 52.9 Å². The Morgan fingerprint density at radius 3 is 2.71 bits per heavy atom. The maximum atomic E-state index is 12.6. The highest BCUT2D eigenvalue weighted by atomic mass is 32.1. The number of amides is 2. The van der Waals surface area contributed by atoms with Gasteiger partial charge in [0, 0.05) is 37.8 Å². The summed E-state index contributed by atoms with van der Waals surface area (Å²) in [5.74, 6) is 0.836. The van der Waals surface area contributed by atoms with E-state index in [-0.39, 0.29) is 24.0 Å². The summed E-state index contributed by atoms with van der Waals surface area (Å²) in [7, 11) is 0. The van der Waals surface area contributed by atoms with Crippen molar-refractivity contribution in [2.45, 2.75) is 6.42 Å². The summed E-state index contributed by atoms with van der Waals surface area (Å²) in [6.45, 7) is 2.82. The molecule has 0 radical (unpaired) electrons. The summed E-state index contributed by atoms with van der Waals surface area (Å²) in [5.41, 5.74) is 0.650. The zero-order valence-electron chi connectivity index (χ0n) is 15.1. The van der Waals surface area contributed by atoms with Crippen molar-refractivity contribution in [2.24, 2.45) is 0 Å². The zero-order chi connectivity index (χ0) is 19.3. The van der Waals surface area contributed by atoms with E-state index >= 15 is 0 Å². The molecular weight excluding hydrogens is 378 g/mol. The molecule has 0 spiro atoms. The predicted molar refractivity (Wildman–Crippen MR) is 106 cm³/mol. The molecular formula is C19H19N5O3S. The van der Waals surface area contributed by atoms with Gasteiger partial charge in [-0.05, 0) is 24.3 Å². The van der Waals surface area contributed by atoms with E-state index in [0.29, 0.717) is 23.9 Å². The molecule has 3 aromatic rings. The van der Waals surface area contributed by atoms with Gasteiger partial charge in [-0.15, -0.1) is 11.3 Å². The number of nitrogens with zero attached hydrogens (tertiary/aromatic N) is 4. The number of anilines is 2. The molecule has 1 aliphatic rings. The fraction of sp³-hybridized carbons (Fsp3) is 0.263. The Balaban J connectivity index is 1.29. The molecule has 28 heavy (non-hydrogen) atoms. The van der Waals surface area contributed by atoms with Crippen LogP contribution in [-0.2, 0) is 11.2 Å². The van der Waals surface area contributed by atoms with Crippen molar-refractivity contribution >= 4 is 34.1 Å². The second-order valence-electron chi connectivity index (χ2n) is 6.31. The monoisotopic (exact) mass is 397 g/mol. The van der Waals surface area contributed by atoms with Crippen molar-refractivity contribution in [1.82, 2.24) is 14.9 Å². The molecule has 1 saturated heterocycles. The fourth-order valence-electron chi connectivity index (χ4n) is 3.00. The summed E-state index contributed by atoms with van der Waals surface area (Å²) < 4.78 is 5.05. The van der Waals surface area contributed by atoms with Crippen LogP contribution in [0, 0.1) is 0 Å². The molecule has 144 valence electrons. The van der Waals surface area contributed by atoms with Gasteiger partial charge in [-0.2, -0.15) is 0 Å². The molecule has 0 aliphatic carbocycles. The second kappa shape index (κ2) is 8.22. The van der Waals surface area contributed by atoms with Gasteiger partial charge in [0.2, 0.25) is 5.91 Å². The molecule has 0 unspecified atom stereocenters. The Hall–Kier alpha value is -3.20. The van der Waals surface area contributed by atoms with Gasteiger partial charge in [0.15, 0.2) is 10.9 Å². The van der Waals surface area contributed by atoms with Gasteiger partial charge in [0.1, 0.15) is 5.82 Å². The highest BCUT2D eigenvalue weighted by Gasteiger charge is 2.22. The van der Waals surface area contributed by atoms with Crippen molar-refractivity contribution in [3.05, 3.63) is 59.6 Å². The molecule has 2 amide bonds. The van der Waals surface area contributed by atoms with Crippen LogP contribution in [0.3, 0.4) is 0 Å². The van der Waals surface area contributed by atoms with Crippen LogP contribution in [0.25, 0.3) is 0 Å². The standard InChI is InChI=1S/C19H19N5O3S/c25-17(24-9-7-23(8-10-24)16-5-1-2-6-20-16)12-14-13-28-19(21-14)22-18(26)15-4-3-11-27-15/h1-6,11,13H,7-10,12H2,(H,21,22,26). The molecule has 3 aromatic heterocycles. The zero-order valence-corrected chi connectivity index (χ0v) is 15.9. The first-order valence-corrected chi connectivity index (χ1v) is 9.80. The van der Waals surface area contributed by atoms with Gasteiger partial charge < -0.3 is 14.2 Å². The first-order valence-electron chi connectivity index (χ1n) is 8.92. The Labute approximate surface area is 165 Å². The van der Waals surface area contributed by atoms with Crippen LogP contribution >= 0.6 is 11.3 Å². The summed E-state index contributed by atoms with van der Waals surface area (Å²) >= 11 is 1.29. The summed E-state index contributed by atoms with van der Waals surface area (Å²) in [6.07, 6.45) is 3.43. The van der Waals surface area contributed by atoms with E-state index in [1.165, 1.54) is 17.6 Å². The van der Waals surface area contributed by atoms with Crippen molar-refractivity contribution in [3.8, 4) is 0 Å². The van der Waals surface area contributed by atoms with Crippen LogP contribution in [0.5, 0.6) is 0 Å². The number of piperazine rings is 1. The van der Waals surface area contributed by atoms with Gasteiger partial charge in [0.25, 0.3) is 5.91 Å². The molecule has 0 atom stereocenters. The predicted octanol–water partition coefficient (Wildman–Crippen LogP) is 2.27. The average molecular weight is 397 g/mol. The fourth-order valence-corrected chi connectivity index (χ4v) is 3.71. The molecule has 0 bridgehead atoms. The third-order valence-corrected chi connectivity index (χ3v) is 5.26. The van der Waals surface area contributed by atoms with Crippen molar-refractivity contribution < 1.29 is 14.0 Å². The second-order valence-corrected chi connectivity index (χ2v) is 7.17. The van der Waals surface area contributed by atoms with Crippen molar-refractivity contribution in [2.75, 3.05) is 36.4 Å². The van der Waals surface area contributed by atoms with Crippen LogP contribution in [0.1, 0.15) is 16.2 Å². The number of carbonyl (C=O) groups is 2. The first kappa shape index (κ1) is 18.2. The van der Waals surface area contributed by atoms with Gasteiger partial charge in [-0.1, -0.05) is 6.07 Å². The number of aromatic nitrogens is 2. The van der Waals surface area contributed by atoms with E-state index in [1.54, 1.807) is 23.7 Å². The summed E-state index contributed by atoms with van der Waals surface area (Å²) in [5, 5.41) is 4.92. The third kappa shape index (κ3) is 4.20. The van der Waals surface area contributed by atoms with Crippen LogP contribution in [0.2, 0.25) is 0 Å². The molecule has 1 fully saturated rings. The van der Waals surface area contributed by atoms with Gasteiger partial charge in [-0.25, -0.2) is 9.97 Å². The van der Waals surface area contributed by atoms with Crippen molar-refractivity contribution in [3.63, 3.8) is 0 Å². The largest absolute Gasteiger partial charge is 0.459 e. The Kier molecular flexibility index (Phi) is 5.34. The number of furan rings is 1. The lowest BCUT2D eigenvalue weighted by Gasteiger charge is -2.35. The van der Waals surface area contributed by atoms with E-state index in [1.807, 2.05) is 23.1 Å². The smallest absolute Gasteiger partial charge is 0.293 e. The van der Waals surface area contributed by atoms with E-state index in [4.69, 9.17) is 4.42 Å². The minimum atomic E-state index is -0.358. The summed E-state index contributed by atoms with van der Waals surface area (Å²) in [4.78, 5) is 37.3. The highest BCUT2D eigenvalue weighted by Crippen LogP contribution is 2.18. The van der Waals surface area contributed by atoms with Crippen LogP contribution in [0.4, 0.5) is 10.9 Å². The lowest BCUT2D eigenvalue weighted by atomic mass is 10.2. The molecule has 9 heteroatoms. The number of nitrogens with one attached hydrogen (secondary N) is 1. The molecule has 8 nitrogen and oxygen atoms in total. The number of hydrogen-bond donors (Lipinski definition) is 1. The molecule has 4 rings (SSSR count). The van der Waals surface area contributed by atoms with Crippen LogP contribution < -0.4 is 10.2 Å².